The van der Waals surface area contributed by atoms with Crippen LogP contribution < -0.4 is 16.0 Å². The first-order valence-corrected chi connectivity index (χ1v) is 13.0. The third-order valence-corrected chi connectivity index (χ3v) is 7.11. The van der Waals surface area contributed by atoms with Gasteiger partial charge in [-0.1, -0.05) is 54.1 Å². The maximum absolute atomic E-state index is 12.6. The molecule has 3 aromatic carbocycles. The minimum Gasteiger partial charge on any atom is -0.332 e. The van der Waals surface area contributed by atoms with E-state index < -0.39 is 0 Å². The number of carbonyl (C=O) groups excluding carboxylic acids is 1. The van der Waals surface area contributed by atoms with Crippen LogP contribution in [0.25, 0.3) is 11.1 Å². The predicted molar refractivity (Wildman–Crippen MR) is 151 cm³/mol. The highest BCUT2D eigenvalue weighted by Gasteiger charge is 2.15. The number of carbonyl (C=O) groups is 1. The Bertz CT molecular complexity index is 1380. The van der Waals surface area contributed by atoms with E-state index >= 15 is 0 Å². The van der Waals surface area contributed by atoms with Crippen LogP contribution in [0.4, 0.5) is 16.4 Å². The number of benzene rings is 3. The lowest BCUT2D eigenvalue weighted by molar-refractivity contribution is -0.113. The highest BCUT2D eigenvalue weighted by molar-refractivity contribution is 8.00. The van der Waals surface area contributed by atoms with Crippen LogP contribution in [-0.4, -0.2) is 16.8 Å². The van der Waals surface area contributed by atoms with Crippen LogP contribution in [0.2, 0.25) is 0 Å². The quantitative estimate of drug-likeness (QED) is 0.180. The third-order valence-electron chi connectivity index (χ3n) is 5.01. The molecule has 0 aliphatic rings. The van der Waals surface area contributed by atoms with Gasteiger partial charge in [0.2, 0.25) is 5.91 Å². The van der Waals surface area contributed by atoms with Crippen LogP contribution in [0.3, 0.4) is 0 Å². The van der Waals surface area contributed by atoms with Crippen LogP contribution in [-0.2, 0) is 4.79 Å². The number of rotatable bonds is 7. The van der Waals surface area contributed by atoms with E-state index in [2.05, 4.69) is 22.0 Å². The van der Waals surface area contributed by atoms with Crippen molar-refractivity contribution in [1.29, 1.82) is 5.26 Å². The molecule has 0 unspecified atom stereocenters. The van der Waals surface area contributed by atoms with Gasteiger partial charge < -0.3 is 16.0 Å². The summed E-state index contributed by atoms with van der Waals surface area (Å²) < 4.78 is 0. The van der Waals surface area contributed by atoms with Gasteiger partial charge in [-0.2, -0.15) is 5.26 Å². The molecule has 0 saturated heterocycles. The van der Waals surface area contributed by atoms with Crippen LogP contribution in [0, 0.1) is 18.3 Å². The largest absolute Gasteiger partial charge is 0.332 e. The fourth-order valence-corrected chi connectivity index (χ4v) is 5.22. The second kappa shape index (κ2) is 11.7. The van der Waals surface area contributed by atoms with Gasteiger partial charge in [0.15, 0.2) is 5.11 Å². The molecule has 174 valence electrons. The smallest absolute Gasteiger partial charge is 0.235 e. The summed E-state index contributed by atoms with van der Waals surface area (Å²) in [6.45, 7) is 2.04. The van der Waals surface area contributed by atoms with Crippen LogP contribution in [0.5, 0.6) is 0 Å². The molecule has 0 spiro atoms. The van der Waals surface area contributed by atoms with Gasteiger partial charge in [0.05, 0.1) is 11.3 Å². The second-order valence-corrected chi connectivity index (χ2v) is 9.98. The van der Waals surface area contributed by atoms with E-state index in [1.54, 1.807) is 0 Å². The first-order chi connectivity index (χ1) is 17.0. The van der Waals surface area contributed by atoms with Gasteiger partial charge in [0.25, 0.3) is 0 Å². The molecule has 8 heteroatoms. The highest BCUT2D eigenvalue weighted by atomic mass is 32.2. The lowest BCUT2D eigenvalue weighted by atomic mass is 10.1. The number of hydrogen-bond acceptors (Lipinski definition) is 5. The number of anilines is 3. The van der Waals surface area contributed by atoms with Gasteiger partial charge in [-0.3, -0.25) is 4.79 Å². The van der Waals surface area contributed by atoms with E-state index in [0.717, 1.165) is 27.4 Å². The molecule has 0 aliphatic heterocycles. The summed E-state index contributed by atoms with van der Waals surface area (Å²) >= 11 is 8.19. The second-order valence-electron chi connectivity index (χ2n) is 7.64. The zero-order valence-corrected chi connectivity index (χ0v) is 21.3. The normalized spacial score (nSPS) is 10.3. The van der Waals surface area contributed by atoms with Crippen LogP contribution in [0.1, 0.15) is 11.1 Å². The Labute approximate surface area is 218 Å². The molecule has 0 aliphatic carbocycles. The summed E-state index contributed by atoms with van der Waals surface area (Å²) in [5.41, 5.74) is 5.20. The fraction of sp³-hybridized carbons (Fsp3) is 0.0741. The lowest BCUT2D eigenvalue weighted by Gasteiger charge is -2.12. The Kier molecular flexibility index (Phi) is 8.16. The van der Waals surface area contributed by atoms with Crippen molar-refractivity contribution in [3.05, 3.63) is 95.4 Å². The maximum Gasteiger partial charge on any atom is 0.235 e. The summed E-state index contributed by atoms with van der Waals surface area (Å²) in [6, 6.07) is 27.6. The van der Waals surface area contributed by atoms with E-state index in [0.29, 0.717) is 15.7 Å². The molecule has 0 radical (unpaired) electrons. The number of aryl methyl sites for hydroxylation is 1. The molecule has 3 N–H and O–H groups in total. The molecule has 1 heterocycles. The van der Waals surface area contributed by atoms with Gasteiger partial charge in [-0.25, -0.2) is 0 Å². The fourth-order valence-electron chi connectivity index (χ4n) is 3.30. The molecular weight excluding hydrogens is 493 g/mol. The first-order valence-electron chi connectivity index (χ1n) is 10.8. The minimum absolute atomic E-state index is 0.164. The Morgan fingerprint density at radius 2 is 1.71 bits per heavy atom. The summed E-state index contributed by atoms with van der Waals surface area (Å²) in [6.07, 6.45) is 0. The van der Waals surface area contributed by atoms with Crippen molar-refractivity contribution < 1.29 is 4.79 Å². The maximum atomic E-state index is 12.6. The monoisotopic (exact) mass is 514 g/mol. The number of hydrogen-bond donors (Lipinski definition) is 3. The van der Waals surface area contributed by atoms with Crippen molar-refractivity contribution >= 4 is 62.7 Å². The summed E-state index contributed by atoms with van der Waals surface area (Å²) in [5, 5.41) is 21.8. The van der Waals surface area contributed by atoms with E-state index in [-0.39, 0.29) is 11.7 Å². The molecule has 0 atom stereocenters. The van der Waals surface area contributed by atoms with Crippen LogP contribution >= 0.6 is 35.3 Å². The van der Waals surface area contributed by atoms with E-state index in [1.165, 1.54) is 28.7 Å². The molecular formula is C27H22N4OS3. The zero-order chi connectivity index (χ0) is 24.6. The topological polar surface area (TPSA) is 76.9 Å². The number of amides is 1. The standard InChI is InChI=1S/C27H22N4OS3/c1-18-10-12-20(13-11-18)29-27(33)30-21-8-5-9-22(14-21)34-17-25(32)31-26-23(15-28)24(16-35-26)19-6-3-2-4-7-19/h2-14,16H,17H2,1H3,(H,31,32)(H2,29,30,33). The summed E-state index contributed by atoms with van der Waals surface area (Å²) in [5.74, 6) is 0.0572. The lowest BCUT2D eigenvalue weighted by Crippen LogP contribution is -2.19. The van der Waals surface area contributed by atoms with Crippen LogP contribution in [0.15, 0.2) is 89.1 Å². The van der Waals surface area contributed by atoms with Crippen molar-refractivity contribution in [2.45, 2.75) is 11.8 Å². The number of nitrogens with zero attached hydrogens (tertiary/aromatic N) is 1. The van der Waals surface area contributed by atoms with Gasteiger partial charge in [-0.15, -0.1) is 23.1 Å². The summed E-state index contributed by atoms with van der Waals surface area (Å²) in [7, 11) is 0. The number of thiophene rings is 1. The first kappa shape index (κ1) is 24.5. The average Bonchev–Trinajstić information content (AvgIpc) is 3.27. The molecule has 1 aromatic heterocycles. The third kappa shape index (κ3) is 6.70. The Morgan fingerprint density at radius 1 is 0.971 bits per heavy atom. The van der Waals surface area contributed by atoms with E-state index in [9.17, 15) is 10.1 Å². The van der Waals surface area contributed by atoms with Crippen molar-refractivity contribution in [3.8, 4) is 17.2 Å². The SMILES string of the molecule is Cc1ccc(NC(=S)Nc2cccc(SCC(=O)Nc3scc(-c4ccccc4)c3C#N)c2)cc1. The molecule has 4 rings (SSSR count). The van der Waals surface area contributed by atoms with Gasteiger partial charge in [0, 0.05) is 27.2 Å². The average molecular weight is 515 g/mol. The summed E-state index contributed by atoms with van der Waals surface area (Å²) in [4.78, 5) is 13.5. The van der Waals surface area contributed by atoms with Crippen molar-refractivity contribution in [2.24, 2.45) is 0 Å². The van der Waals surface area contributed by atoms with Gasteiger partial charge in [-0.05, 0) is 55.0 Å². The molecule has 0 bridgehead atoms. The molecule has 35 heavy (non-hydrogen) atoms. The van der Waals surface area contributed by atoms with E-state index in [4.69, 9.17) is 12.2 Å². The number of nitrogens with one attached hydrogen (secondary N) is 3. The highest BCUT2D eigenvalue weighted by Crippen LogP contribution is 2.35. The van der Waals surface area contributed by atoms with Gasteiger partial charge in [0.1, 0.15) is 11.1 Å². The van der Waals surface area contributed by atoms with E-state index in [1.807, 2.05) is 91.2 Å². The zero-order valence-electron chi connectivity index (χ0n) is 18.9. The predicted octanol–water partition coefficient (Wildman–Crippen LogP) is 7.13. The molecule has 4 aromatic rings. The van der Waals surface area contributed by atoms with Crippen molar-refractivity contribution in [1.82, 2.24) is 0 Å². The number of nitriles is 1. The Hall–Kier alpha value is -3.64. The molecule has 1 amide bonds. The number of thiocarbonyl (C=S) groups is 1. The van der Waals surface area contributed by atoms with Gasteiger partial charge >= 0.3 is 0 Å². The minimum atomic E-state index is -0.164. The van der Waals surface area contributed by atoms with Crippen molar-refractivity contribution in [2.75, 3.05) is 21.7 Å². The molecule has 0 fully saturated rings. The molecule has 5 nitrogen and oxygen atoms in total. The molecule has 0 saturated carbocycles. The Balaban J connectivity index is 1.33. The van der Waals surface area contributed by atoms with Crippen molar-refractivity contribution in [3.63, 3.8) is 0 Å². The Morgan fingerprint density at radius 3 is 2.46 bits per heavy atom. The number of thioether (sulfide) groups is 1.